The number of aromatic carboxylic acids is 1. The van der Waals surface area contributed by atoms with Crippen molar-refractivity contribution in [1.29, 1.82) is 0 Å². The lowest BCUT2D eigenvalue weighted by atomic mass is 9.70. The molecule has 3 nitrogen and oxygen atoms in total. The quantitative estimate of drug-likeness (QED) is 0.877. The van der Waals surface area contributed by atoms with Crippen LogP contribution in [0, 0.1) is 5.41 Å². The Labute approximate surface area is 118 Å². The van der Waals surface area contributed by atoms with Crippen LogP contribution < -0.4 is 5.32 Å². The average Bonchev–Trinajstić information content (AvgIpc) is 2.42. The average molecular weight is 269 g/mol. The van der Waals surface area contributed by atoms with E-state index >= 15 is 0 Å². The van der Waals surface area contributed by atoms with Crippen molar-refractivity contribution in [2.75, 3.05) is 11.9 Å². The molecule has 2 aromatic rings. The molecule has 104 valence electrons. The first-order chi connectivity index (χ1) is 9.59. The molecule has 0 heterocycles. The lowest BCUT2D eigenvalue weighted by molar-refractivity contribution is 0.0699. The molecule has 0 amide bonds. The fourth-order valence-corrected chi connectivity index (χ4v) is 2.91. The standard InChI is InChI=1S/C17H19NO2/c1-17(9-4-10-17)11-18-15-8-7-14(16(19)20)12-5-2-3-6-13(12)15/h2-3,5-8,18H,4,9-11H2,1H3,(H,19,20). The van der Waals surface area contributed by atoms with E-state index in [1.165, 1.54) is 19.3 Å². The summed E-state index contributed by atoms with van der Waals surface area (Å²) in [7, 11) is 0. The summed E-state index contributed by atoms with van der Waals surface area (Å²) in [4.78, 5) is 11.3. The number of benzene rings is 2. The highest BCUT2D eigenvalue weighted by Gasteiger charge is 2.31. The number of carboxylic acid groups (broad SMARTS) is 1. The summed E-state index contributed by atoms with van der Waals surface area (Å²) in [6.07, 6.45) is 3.85. The molecular formula is C17H19NO2. The van der Waals surface area contributed by atoms with Crippen molar-refractivity contribution < 1.29 is 9.90 Å². The van der Waals surface area contributed by atoms with Crippen molar-refractivity contribution in [3.63, 3.8) is 0 Å². The summed E-state index contributed by atoms with van der Waals surface area (Å²) in [6, 6.07) is 11.3. The fourth-order valence-electron chi connectivity index (χ4n) is 2.91. The van der Waals surface area contributed by atoms with Gasteiger partial charge >= 0.3 is 5.97 Å². The van der Waals surface area contributed by atoms with Gasteiger partial charge in [0.25, 0.3) is 0 Å². The predicted molar refractivity (Wildman–Crippen MR) is 81.4 cm³/mol. The monoisotopic (exact) mass is 269 g/mol. The molecule has 0 atom stereocenters. The molecule has 0 spiro atoms. The SMILES string of the molecule is CC1(CNc2ccc(C(=O)O)c3ccccc23)CCC1. The lowest BCUT2D eigenvalue weighted by Crippen LogP contribution is -2.33. The predicted octanol–water partition coefficient (Wildman–Crippen LogP) is 4.14. The molecule has 2 N–H and O–H groups in total. The minimum atomic E-state index is -0.876. The Bertz CT molecular complexity index is 659. The summed E-state index contributed by atoms with van der Waals surface area (Å²) in [5.41, 5.74) is 1.78. The zero-order valence-electron chi connectivity index (χ0n) is 11.6. The zero-order valence-corrected chi connectivity index (χ0v) is 11.6. The Morgan fingerprint density at radius 2 is 1.90 bits per heavy atom. The molecule has 0 aromatic heterocycles. The number of rotatable bonds is 4. The molecule has 0 saturated heterocycles. The van der Waals surface area contributed by atoms with Gasteiger partial charge in [-0.15, -0.1) is 0 Å². The summed E-state index contributed by atoms with van der Waals surface area (Å²) in [5.74, 6) is -0.876. The maximum absolute atomic E-state index is 11.3. The van der Waals surface area contributed by atoms with E-state index in [2.05, 4.69) is 12.2 Å². The van der Waals surface area contributed by atoms with Crippen LogP contribution in [0.1, 0.15) is 36.5 Å². The van der Waals surface area contributed by atoms with Crippen molar-refractivity contribution >= 4 is 22.4 Å². The van der Waals surface area contributed by atoms with Gasteiger partial charge < -0.3 is 10.4 Å². The Morgan fingerprint density at radius 1 is 1.20 bits per heavy atom. The van der Waals surface area contributed by atoms with Gasteiger partial charge in [0.15, 0.2) is 0 Å². The molecule has 1 aliphatic carbocycles. The van der Waals surface area contributed by atoms with Gasteiger partial charge in [-0.1, -0.05) is 37.6 Å². The zero-order chi connectivity index (χ0) is 14.2. The van der Waals surface area contributed by atoms with Gasteiger partial charge in [-0.2, -0.15) is 0 Å². The topological polar surface area (TPSA) is 49.3 Å². The van der Waals surface area contributed by atoms with Crippen molar-refractivity contribution in [3.05, 3.63) is 42.0 Å². The van der Waals surface area contributed by atoms with E-state index in [4.69, 9.17) is 0 Å². The van der Waals surface area contributed by atoms with E-state index in [1.54, 1.807) is 6.07 Å². The Balaban J connectivity index is 1.95. The minimum Gasteiger partial charge on any atom is -0.478 e. The summed E-state index contributed by atoms with van der Waals surface area (Å²) in [5, 5.41) is 14.5. The number of nitrogens with one attached hydrogen (secondary N) is 1. The minimum absolute atomic E-state index is 0.362. The van der Waals surface area contributed by atoms with Crippen LogP contribution in [0.25, 0.3) is 10.8 Å². The third-order valence-corrected chi connectivity index (χ3v) is 4.42. The number of hydrogen-bond acceptors (Lipinski definition) is 2. The van der Waals surface area contributed by atoms with E-state index in [0.717, 1.165) is 23.0 Å². The number of carboxylic acids is 1. The second-order valence-corrected chi connectivity index (χ2v) is 6.03. The first-order valence-electron chi connectivity index (χ1n) is 7.08. The molecule has 1 aliphatic rings. The lowest BCUT2D eigenvalue weighted by Gasteiger charge is -2.38. The van der Waals surface area contributed by atoms with Gasteiger partial charge in [0.1, 0.15) is 0 Å². The molecule has 0 aliphatic heterocycles. The van der Waals surface area contributed by atoms with Crippen molar-refractivity contribution in [2.45, 2.75) is 26.2 Å². The maximum Gasteiger partial charge on any atom is 0.336 e. The van der Waals surface area contributed by atoms with Crippen LogP contribution in [-0.2, 0) is 0 Å². The summed E-state index contributed by atoms with van der Waals surface area (Å²) in [6.45, 7) is 3.25. The van der Waals surface area contributed by atoms with Crippen LogP contribution in [0.15, 0.2) is 36.4 Å². The molecule has 3 heteroatoms. The highest BCUT2D eigenvalue weighted by Crippen LogP contribution is 2.40. The van der Waals surface area contributed by atoms with Gasteiger partial charge in [0, 0.05) is 17.6 Å². The van der Waals surface area contributed by atoms with E-state index in [1.807, 2.05) is 30.3 Å². The van der Waals surface area contributed by atoms with Gasteiger partial charge in [0.05, 0.1) is 5.56 Å². The van der Waals surface area contributed by atoms with Gasteiger partial charge in [-0.05, 0) is 35.8 Å². The Hall–Kier alpha value is -2.03. The first-order valence-corrected chi connectivity index (χ1v) is 7.08. The van der Waals surface area contributed by atoms with Crippen LogP contribution in [0.3, 0.4) is 0 Å². The molecular weight excluding hydrogens is 250 g/mol. The van der Waals surface area contributed by atoms with E-state index in [-0.39, 0.29) is 0 Å². The normalized spacial score (nSPS) is 16.6. The second kappa shape index (κ2) is 4.82. The van der Waals surface area contributed by atoms with Gasteiger partial charge in [-0.25, -0.2) is 4.79 Å². The van der Waals surface area contributed by atoms with Crippen molar-refractivity contribution in [2.24, 2.45) is 5.41 Å². The highest BCUT2D eigenvalue weighted by molar-refractivity contribution is 6.07. The molecule has 1 fully saturated rings. The van der Waals surface area contributed by atoms with Gasteiger partial charge in [-0.3, -0.25) is 0 Å². The molecule has 20 heavy (non-hydrogen) atoms. The number of hydrogen-bond donors (Lipinski definition) is 2. The van der Waals surface area contributed by atoms with E-state index in [9.17, 15) is 9.90 Å². The smallest absolute Gasteiger partial charge is 0.336 e. The molecule has 1 saturated carbocycles. The van der Waals surface area contributed by atoms with Crippen LogP contribution in [0.4, 0.5) is 5.69 Å². The Kier molecular flexibility index (Phi) is 3.13. The van der Waals surface area contributed by atoms with Crippen molar-refractivity contribution in [1.82, 2.24) is 0 Å². The second-order valence-electron chi connectivity index (χ2n) is 6.03. The van der Waals surface area contributed by atoms with Crippen molar-refractivity contribution in [3.8, 4) is 0 Å². The third kappa shape index (κ3) is 2.24. The largest absolute Gasteiger partial charge is 0.478 e. The van der Waals surface area contributed by atoms with Crippen LogP contribution in [0.5, 0.6) is 0 Å². The van der Waals surface area contributed by atoms with Crippen LogP contribution >= 0.6 is 0 Å². The maximum atomic E-state index is 11.3. The molecule has 0 unspecified atom stereocenters. The van der Waals surface area contributed by atoms with Crippen LogP contribution in [0.2, 0.25) is 0 Å². The van der Waals surface area contributed by atoms with Gasteiger partial charge in [0.2, 0.25) is 0 Å². The molecule has 2 aromatic carbocycles. The fraction of sp³-hybridized carbons (Fsp3) is 0.353. The van der Waals surface area contributed by atoms with E-state index < -0.39 is 5.97 Å². The third-order valence-electron chi connectivity index (χ3n) is 4.42. The summed E-state index contributed by atoms with van der Waals surface area (Å²) >= 11 is 0. The first kappa shape index (κ1) is 13.0. The van der Waals surface area contributed by atoms with E-state index in [0.29, 0.717) is 11.0 Å². The molecule has 0 bridgehead atoms. The highest BCUT2D eigenvalue weighted by atomic mass is 16.4. The van der Waals surface area contributed by atoms with Crippen LogP contribution in [-0.4, -0.2) is 17.6 Å². The molecule has 3 rings (SSSR count). The number of fused-ring (bicyclic) bond motifs is 1. The molecule has 0 radical (unpaired) electrons. The number of anilines is 1. The number of carbonyl (C=O) groups is 1. The summed E-state index contributed by atoms with van der Waals surface area (Å²) < 4.78 is 0. The Morgan fingerprint density at radius 3 is 2.50 bits per heavy atom.